The first kappa shape index (κ1) is 20.2. The number of benzene rings is 2. The van der Waals surface area contributed by atoms with Crippen LogP contribution in [0.3, 0.4) is 0 Å². The van der Waals surface area contributed by atoms with Gasteiger partial charge in [0.15, 0.2) is 6.10 Å². The molecule has 1 fully saturated rings. The second-order valence-electron chi connectivity index (χ2n) is 7.45. The number of rotatable bonds is 6. The van der Waals surface area contributed by atoms with Gasteiger partial charge in [0.2, 0.25) is 0 Å². The number of ether oxygens (including phenoxy) is 2. The Morgan fingerprint density at radius 3 is 2.50 bits per heavy atom. The number of morpholine rings is 1. The van der Waals surface area contributed by atoms with Gasteiger partial charge < -0.3 is 19.7 Å². The van der Waals surface area contributed by atoms with Gasteiger partial charge in [-0.1, -0.05) is 18.2 Å². The van der Waals surface area contributed by atoms with Crippen molar-refractivity contribution in [3.63, 3.8) is 0 Å². The van der Waals surface area contributed by atoms with Gasteiger partial charge in [0, 0.05) is 25.3 Å². The Morgan fingerprint density at radius 2 is 1.82 bits per heavy atom. The molecule has 1 amide bonds. The summed E-state index contributed by atoms with van der Waals surface area (Å²) >= 11 is 0. The van der Waals surface area contributed by atoms with Gasteiger partial charge in [-0.25, -0.2) is 0 Å². The highest BCUT2D eigenvalue weighted by Crippen LogP contribution is 2.24. The zero-order chi connectivity index (χ0) is 20.1. The summed E-state index contributed by atoms with van der Waals surface area (Å²) in [5.74, 6) is 0.658. The van der Waals surface area contributed by atoms with Gasteiger partial charge in [-0.2, -0.15) is 0 Å². The molecule has 5 heteroatoms. The molecule has 150 valence electrons. The average molecular weight is 383 g/mol. The lowest BCUT2D eigenvalue weighted by Gasteiger charge is -2.28. The van der Waals surface area contributed by atoms with Crippen LogP contribution in [0.1, 0.15) is 29.2 Å². The van der Waals surface area contributed by atoms with Crippen molar-refractivity contribution in [3.8, 4) is 5.75 Å². The van der Waals surface area contributed by atoms with Crippen LogP contribution in [-0.2, 0) is 16.1 Å². The molecule has 0 saturated carbocycles. The van der Waals surface area contributed by atoms with E-state index in [4.69, 9.17) is 9.47 Å². The van der Waals surface area contributed by atoms with Crippen molar-refractivity contribution < 1.29 is 14.3 Å². The second kappa shape index (κ2) is 9.11. The van der Waals surface area contributed by atoms with Crippen molar-refractivity contribution >= 4 is 11.6 Å². The molecule has 1 unspecified atom stereocenters. The number of anilines is 1. The highest BCUT2D eigenvalue weighted by Gasteiger charge is 2.16. The Balaban J connectivity index is 1.53. The Bertz CT molecular complexity index is 811. The first-order valence-electron chi connectivity index (χ1n) is 9.88. The van der Waals surface area contributed by atoms with Crippen LogP contribution in [-0.4, -0.2) is 38.3 Å². The number of amides is 1. The molecule has 5 nitrogen and oxygen atoms in total. The minimum Gasteiger partial charge on any atom is -0.481 e. The van der Waals surface area contributed by atoms with E-state index >= 15 is 0 Å². The summed E-state index contributed by atoms with van der Waals surface area (Å²) in [6.45, 7) is 11.8. The molecule has 3 rings (SSSR count). The van der Waals surface area contributed by atoms with Crippen LogP contribution in [0.5, 0.6) is 5.75 Å². The van der Waals surface area contributed by atoms with E-state index in [1.165, 1.54) is 11.3 Å². The normalized spacial score (nSPS) is 15.2. The summed E-state index contributed by atoms with van der Waals surface area (Å²) in [5, 5.41) is 2.97. The van der Waals surface area contributed by atoms with Crippen LogP contribution in [0, 0.1) is 20.8 Å². The van der Waals surface area contributed by atoms with Crippen LogP contribution in [0.15, 0.2) is 36.4 Å². The van der Waals surface area contributed by atoms with E-state index in [-0.39, 0.29) is 5.91 Å². The molecule has 0 spiro atoms. The van der Waals surface area contributed by atoms with Gasteiger partial charge >= 0.3 is 0 Å². The molecule has 0 aliphatic carbocycles. The van der Waals surface area contributed by atoms with Gasteiger partial charge in [-0.3, -0.25) is 4.79 Å². The number of nitrogens with zero attached hydrogens (tertiary/aromatic N) is 1. The molecule has 0 radical (unpaired) electrons. The predicted octanol–water partition coefficient (Wildman–Crippen LogP) is 3.53. The second-order valence-corrected chi connectivity index (χ2v) is 7.45. The Kier molecular flexibility index (Phi) is 6.57. The van der Waals surface area contributed by atoms with E-state index in [0.717, 1.165) is 48.7 Å². The van der Waals surface area contributed by atoms with E-state index in [1.807, 2.05) is 19.9 Å². The average Bonchev–Trinajstić information content (AvgIpc) is 2.70. The molecule has 0 aromatic heterocycles. The van der Waals surface area contributed by atoms with Crippen molar-refractivity contribution in [2.24, 2.45) is 0 Å². The Labute approximate surface area is 167 Å². The van der Waals surface area contributed by atoms with Crippen LogP contribution >= 0.6 is 0 Å². The highest BCUT2D eigenvalue weighted by molar-refractivity contribution is 5.80. The molecule has 1 saturated heterocycles. The molecule has 1 aliphatic heterocycles. The molecule has 28 heavy (non-hydrogen) atoms. The highest BCUT2D eigenvalue weighted by atomic mass is 16.5. The molecular formula is C23H30N2O3. The van der Waals surface area contributed by atoms with E-state index < -0.39 is 6.10 Å². The lowest BCUT2D eigenvalue weighted by molar-refractivity contribution is -0.127. The zero-order valence-corrected chi connectivity index (χ0v) is 17.2. The van der Waals surface area contributed by atoms with Gasteiger partial charge in [0.05, 0.1) is 13.2 Å². The van der Waals surface area contributed by atoms with Crippen molar-refractivity contribution in [1.82, 2.24) is 5.32 Å². The lowest BCUT2D eigenvalue weighted by atomic mass is 10.1. The topological polar surface area (TPSA) is 50.8 Å². The summed E-state index contributed by atoms with van der Waals surface area (Å²) < 4.78 is 11.3. The smallest absolute Gasteiger partial charge is 0.261 e. The maximum absolute atomic E-state index is 12.5. The molecule has 2 aromatic carbocycles. The van der Waals surface area contributed by atoms with Crippen molar-refractivity contribution in [2.45, 2.75) is 40.3 Å². The first-order chi connectivity index (χ1) is 13.4. The fourth-order valence-corrected chi connectivity index (χ4v) is 3.35. The number of carbonyl (C=O) groups is 1. The Hall–Kier alpha value is -2.53. The maximum atomic E-state index is 12.5. The van der Waals surface area contributed by atoms with Crippen LogP contribution in [0.2, 0.25) is 0 Å². The van der Waals surface area contributed by atoms with E-state index in [1.54, 1.807) is 6.92 Å². The zero-order valence-electron chi connectivity index (χ0n) is 17.2. The number of hydrogen-bond donors (Lipinski definition) is 1. The number of nitrogens with one attached hydrogen (secondary N) is 1. The van der Waals surface area contributed by atoms with Crippen LogP contribution < -0.4 is 15.0 Å². The molecular weight excluding hydrogens is 352 g/mol. The fraction of sp³-hybridized carbons (Fsp3) is 0.435. The third kappa shape index (κ3) is 5.04. The van der Waals surface area contributed by atoms with Crippen molar-refractivity contribution in [1.29, 1.82) is 0 Å². The summed E-state index contributed by atoms with van der Waals surface area (Å²) in [6, 6.07) is 12.4. The molecule has 0 bridgehead atoms. The third-order valence-corrected chi connectivity index (χ3v) is 5.22. The van der Waals surface area contributed by atoms with Gasteiger partial charge in [0.25, 0.3) is 5.91 Å². The summed E-state index contributed by atoms with van der Waals surface area (Å²) in [4.78, 5) is 14.8. The van der Waals surface area contributed by atoms with Gasteiger partial charge in [-0.15, -0.1) is 0 Å². The van der Waals surface area contributed by atoms with E-state index in [0.29, 0.717) is 6.54 Å². The number of aryl methyl sites for hydroxylation is 2. The Morgan fingerprint density at radius 1 is 1.14 bits per heavy atom. The largest absolute Gasteiger partial charge is 0.481 e. The summed E-state index contributed by atoms with van der Waals surface area (Å²) in [5.41, 5.74) is 5.64. The third-order valence-electron chi connectivity index (χ3n) is 5.22. The van der Waals surface area contributed by atoms with Crippen molar-refractivity contribution in [3.05, 3.63) is 58.7 Å². The van der Waals surface area contributed by atoms with Crippen molar-refractivity contribution in [2.75, 3.05) is 31.2 Å². The SMILES string of the molecule is Cc1cc(C)c(C)c(OC(C)C(=O)NCc2ccc(N3CCOCC3)cc2)c1. The lowest BCUT2D eigenvalue weighted by Crippen LogP contribution is -2.36. The van der Waals surface area contributed by atoms with E-state index in [9.17, 15) is 4.79 Å². The fourth-order valence-electron chi connectivity index (χ4n) is 3.35. The maximum Gasteiger partial charge on any atom is 0.261 e. The summed E-state index contributed by atoms with van der Waals surface area (Å²) in [6.07, 6.45) is -0.549. The molecule has 1 N–H and O–H groups in total. The molecule has 1 aliphatic rings. The number of hydrogen-bond acceptors (Lipinski definition) is 4. The molecule has 2 aromatic rings. The monoisotopic (exact) mass is 382 g/mol. The van der Waals surface area contributed by atoms with Crippen LogP contribution in [0.4, 0.5) is 5.69 Å². The quantitative estimate of drug-likeness (QED) is 0.830. The predicted molar refractivity (Wildman–Crippen MR) is 112 cm³/mol. The first-order valence-corrected chi connectivity index (χ1v) is 9.88. The minimum atomic E-state index is -0.549. The van der Waals surface area contributed by atoms with Gasteiger partial charge in [0.1, 0.15) is 5.75 Å². The number of carbonyl (C=O) groups excluding carboxylic acids is 1. The summed E-state index contributed by atoms with van der Waals surface area (Å²) in [7, 11) is 0. The van der Waals surface area contributed by atoms with E-state index in [2.05, 4.69) is 47.5 Å². The standard InChI is InChI=1S/C23H30N2O3/c1-16-13-17(2)18(3)22(14-16)28-19(4)23(26)24-15-20-5-7-21(8-6-20)25-9-11-27-12-10-25/h5-8,13-14,19H,9-12,15H2,1-4H3,(H,24,26). The van der Waals surface area contributed by atoms with Crippen LogP contribution in [0.25, 0.3) is 0 Å². The molecule has 1 atom stereocenters. The van der Waals surface area contributed by atoms with Gasteiger partial charge in [-0.05, 0) is 68.1 Å². The molecule has 1 heterocycles. The minimum absolute atomic E-state index is 0.115.